The van der Waals surface area contributed by atoms with Crippen LogP contribution in [0, 0.1) is 5.82 Å². The van der Waals surface area contributed by atoms with Gasteiger partial charge in [-0.3, -0.25) is 4.90 Å². The number of hydrogen-bond donors (Lipinski definition) is 0. The van der Waals surface area contributed by atoms with Crippen LogP contribution >= 0.6 is 0 Å². The molecule has 6 nitrogen and oxygen atoms in total. The summed E-state index contributed by atoms with van der Waals surface area (Å²) >= 11 is 0. The molecular weight excluding hydrogens is 375 g/mol. The van der Waals surface area contributed by atoms with Gasteiger partial charge in [-0.05, 0) is 55.7 Å². The number of methoxy groups -OCH3 is 2. The van der Waals surface area contributed by atoms with E-state index in [0.29, 0.717) is 30.1 Å². The van der Waals surface area contributed by atoms with Gasteiger partial charge in [-0.1, -0.05) is 6.07 Å². The summed E-state index contributed by atoms with van der Waals surface area (Å²) in [5.41, 5.74) is 1.10. The van der Waals surface area contributed by atoms with Crippen molar-refractivity contribution in [3.05, 3.63) is 59.4 Å². The van der Waals surface area contributed by atoms with Crippen molar-refractivity contribution in [2.75, 3.05) is 32.2 Å². The van der Waals surface area contributed by atoms with Gasteiger partial charge in [-0.15, -0.1) is 0 Å². The van der Waals surface area contributed by atoms with Crippen LogP contribution < -0.4 is 9.64 Å². The maximum Gasteiger partial charge on any atom is 0.337 e. The molecule has 0 N–H and O–H groups in total. The molecule has 3 rings (SSSR count). The lowest BCUT2D eigenvalue weighted by atomic mass is 10.1. The Kier molecular flexibility index (Phi) is 6.69. The molecule has 1 aliphatic rings. The van der Waals surface area contributed by atoms with Gasteiger partial charge in [0.1, 0.15) is 11.6 Å². The lowest BCUT2D eigenvalue weighted by Crippen LogP contribution is -2.45. The van der Waals surface area contributed by atoms with Crippen LogP contribution in [0.5, 0.6) is 5.75 Å². The number of benzene rings is 2. The first-order chi connectivity index (χ1) is 14.0. The molecule has 0 bridgehead atoms. The molecule has 29 heavy (non-hydrogen) atoms. The maximum atomic E-state index is 14.7. The molecule has 0 atom stereocenters. The second-order valence-electron chi connectivity index (χ2n) is 6.91. The summed E-state index contributed by atoms with van der Waals surface area (Å²) in [5, 5.41) is 0. The predicted octanol–water partition coefficient (Wildman–Crippen LogP) is 4.23. The minimum absolute atomic E-state index is 0.0505. The van der Waals surface area contributed by atoms with E-state index < -0.39 is 11.8 Å². The third kappa shape index (κ3) is 4.85. The van der Waals surface area contributed by atoms with Crippen LogP contribution in [0.4, 0.5) is 14.9 Å². The highest BCUT2D eigenvalue weighted by molar-refractivity contribution is 5.92. The van der Waals surface area contributed by atoms with Gasteiger partial charge in [0.25, 0.3) is 0 Å². The molecule has 1 aliphatic heterocycles. The Hall–Kier alpha value is -3.09. The molecular formula is C22H25FN2O4. The highest BCUT2D eigenvalue weighted by Crippen LogP contribution is 2.25. The highest BCUT2D eigenvalue weighted by Gasteiger charge is 2.25. The van der Waals surface area contributed by atoms with Crippen LogP contribution in [0.1, 0.15) is 35.2 Å². The van der Waals surface area contributed by atoms with Gasteiger partial charge in [-0.2, -0.15) is 0 Å². The summed E-state index contributed by atoms with van der Waals surface area (Å²) in [7, 11) is 2.82. The van der Waals surface area contributed by atoms with Crippen molar-refractivity contribution < 1.29 is 23.5 Å². The predicted molar refractivity (Wildman–Crippen MR) is 108 cm³/mol. The van der Waals surface area contributed by atoms with Crippen LogP contribution in [0.15, 0.2) is 42.5 Å². The van der Waals surface area contributed by atoms with Crippen LogP contribution in [0.25, 0.3) is 0 Å². The van der Waals surface area contributed by atoms with E-state index >= 15 is 0 Å². The number of esters is 1. The number of anilines is 1. The topological polar surface area (TPSA) is 59.1 Å². The second kappa shape index (κ2) is 9.41. The van der Waals surface area contributed by atoms with E-state index in [4.69, 9.17) is 4.74 Å². The second-order valence-corrected chi connectivity index (χ2v) is 6.91. The molecule has 2 aromatic carbocycles. The van der Waals surface area contributed by atoms with Crippen LogP contribution in [0.2, 0.25) is 0 Å². The molecule has 0 aliphatic carbocycles. The molecule has 1 saturated heterocycles. The van der Waals surface area contributed by atoms with E-state index in [-0.39, 0.29) is 18.1 Å². The smallest absolute Gasteiger partial charge is 0.337 e. The fraction of sp³-hybridized carbons (Fsp3) is 0.364. The first-order valence-corrected chi connectivity index (χ1v) is 9.60. The Bertz CT molecular complexity index is 864. The minimum Gasteiger partial charge on any atom is -0.497 e. The largest absolute Gasteiger partial charge is 0.497 e. The summed E-state index contributed by atoms with van der Waals surface area (Å²) in [6, 6.07) is 11.1. The normalized spacial score (nSPS) is 13.7. The Morgan fingerprint density at radius 1 is 1.03 bits per heavy atom. The van der Waals surface area contributed by atoms with Crippen molar-refractivity contribution in [2.45, 2.75) is 25.8 Å². The molecule has 0 saturated carbocycles. The number of carbonyl (C=O) groups excluding carboxylic acids is 2. The highest BCUT2D eigenvalue weighted by atomic mass is 19.1. The van der Waals surface area contributed by atoms with Crippen molar-refractivity contribution in [3.8, 4) is 5.75 Å². The van der Waals surface area contributed by atoms with Gasteiger partial charge in [0.05, 0.1) is 26.3 Å². The lowest BCUT2D eigenvalue weighted by Gasteiger charge is -2.33. The number of rotatable bonds is 5. The quantitative estimate of drug-likeness (QED) is 0.705. The van der Waals surface area contributed by atoms with Crippen LogP contribution in [0.3, 0.4) is 0 Å². The molecule has 0 radical (unpaired) electrons. The summed E-state index contributed by atoms with van der Waals surface area (Å²) in [5.74, 6) is -0.488. The van der Waals surface area contributed by atoms with Crippen LogP contribution in [-0.2, 0) is 11.3 Å². The van der Waals surface area contributed by atoms with Crippen LogP contribution in [-0.4, -0.2) is 44.2 Å². The minimum atomic E-state index is -0.605. The van der Waals surface area contributed by atoms with E-state index in [1.807, 2.05) is 0 Å². The monoisotopic (exact) mass is 400 g/mol. The molecule has 2 aromatic rings. The summed E-state index contributed by atoms with van der Waals surface area (Å²) in [4.78, 5) is 28.2. The Morgan fingerprint density at radius 3 is 2.31 bits per heavy atom. The zero-order chi connectivity index (χ0) is 20.8. The van der Waals surface area contributed by atoms with Gasteiger partial charge < -0.3 is 14.4 Å². The third-order valence-electron chi connectivity index (χ3n) is 5.04. The molecule has 0 unspecified atom stereocenters. The van der Waals surface area contributed by atoms with E-state index in [2.05, 4.69) is 4.74 Å². The van der Waals surface area contributed by atoms with Crippen molar-refractivity contribution in [1.29, 1.82) is 0 Å². The van der Waals surface area contributed by atoms with Gasteiger partial charge in [0, 0.05) is 24.3 Å². The SMILES string of the molecule is COC(=O)c1ccc(CN(C(=O)N2CCCCC2)c2ccc(OC)cc2)c(F)c1. The Morgan fingerprint density at radius 2 is 1.72 bits per heavy atom. The zero-order valence-corrected chi connectivity index (χ0v) is 16.7. The van der Waals surface area contributed by atoms with E-state index in [0.717, 1.165) is 25.3 Å². The number of piperidine rings is 1. The molecule has 0 spiro atoms. The zero-order valence-electron chi connectivity index (χ0n) is 16.7. The van der Waals surface area contributed by atoms with E-state index in [1.54, 1.807) is 41.2 Å². The number of nitrogens with zero attached hydrogens (tertiary/aromatic N) is 2. The van der Waals surface area contributed by atoms with Gasteiger partial charge >= 0.3 is 12.0 Å². The Balaban J connectivity index is 1.90. The van der Waals surface area contributed by atoms with Gasteiger partial charge in [0.2, 0.25) is 0 Å². The molecule has 0 aromatic heterocycles. The first-order valence-electron chi connectivity index (χ1n) is 9.60. The lowest BCUT2D eigenvalue weighted by molar-refractivity contribution is 0.0600. The standard InChI is InChI=1S/C22H25FN2O4/c1-28-19-10-8-18(9-11-19)25(22(27)24-12-4-3-5-13-24)15-17-7-6-16(14-20(17)23)21(26)29-2/h6-11,14H,3-5,12-13,15H2,1-2H3. The number of likely N-dealkylation sites (tertiary alicyclic amines) is 1. The number of hydrogen-bond acceptors (Lipinski definition) is 4. The van der Waals surface area contributed by atoms with Gasteiger partial charge in [0.15, 0.2) is 0 Å². The number of halogens is 1. The summed E-state index contributed by atoms with van der Waals surface area (Å²) in [6.07, 6.45) is 3.03. The number of urea groups is 1. The van der Waals surface area contributed by atoms with E-state index in [9.17, 15) is 14.0 Å². The molecule has 1 fully saturated rings. The van der Waals surface area contributed by atoms with Gasteiger partial charge in [-0.25, -0.2) is 14.0 Å². The molecule has 7 heteroatoms. The fourth-order valence-electron chi connectivity index (χ4n) is 3.38. The first kappa shape index (κ1) is 20.6. The third-order valence-corrected chi connectivity index (χ3v) is 5.04. The van der Waals surface area contributed by atoms with Crippen molar-refractivity contribution in [1.82, 2.24) is 4.90 Å². The van der Waals surface area contributed by atoms with Crippen molar-refractivity contribution in [3.63, 3.8) is 0 Å². The summed E-state index contributed by atoms with van der Waals surface area (Å²) < 4.78 is 24.5. The Labute approximate surface area is 169 Å². The number of ether oxygens (including phenoxy) is 2. The molecule has 2 amide bonds. The molecule has 1 heterocycles. The van der Waals surface area contributed by atoms with Crippen molar-refractivity contribution in [2.24, 2.45) is 0 Å². The maximum absolute atomic E-state index is 14.7. The number of amides is 2. The van der Waals surface area contributed by atoms with E-state index in [1.165, 1.54) is 19.2 Å². The number of carbonyl (C=O) groups is 2. The fourth-order valence-corrected chi connectivity index (χ4v) is 3.38. The molecule has 154 valence electrons. The van der Waals surface area contributed by atoms with Crippen molar-refractivity contribution >= 4 is 17.7 Å². The summed E-state index contributed by atoms with van der Waals surface area (Å²) in [6.45, 7) is 1.43. The average molecular weight is 400 g/mol. The average Bonchev–Trinajstić information content (AvgIpc) is 2.78.